The number of likely N-dealkylation sites (tertiary alicyclic amines) is 1. The van der Waals surface area contributed by atoms with Crippen LogP contribution in [-0.2, 0) is 9.53 Å². The third-order valence-electron chi connectivity index (χ3n) is 5.65. The molecular weight excluding hydrogens is 314 g/mol. The van der Waals surface area contributed by atoms with Crippen LogP contribution in [0.5, 0.6) is 0 Å². The number of nitrogens with zero attached hydrogens (tertiary/aromatic N) is 3. The summed E-state index contributed by atoms with van der Waals surface area (Å²) >= 11 is 0. The molecule has 2 fully saturated rings. The second-order valence-corrected chi connectivity index (χ2v) is 7.20. The number of ether oxygens (including phenoxy) is 1. The van der Waals surface area contributed by atoms with Gasteiger partial charge in [0.1, 0.15) is 5.82 Å². The largest absolute Gasteiger partial charge is 0.383 e. The normalized spacial score (nSPS) is 23.8. The van der Waals surface area contributed by atoms with Crippen LogP contribution in [0.4, 0.5) is 5.82 Å². The average molecular weight is 339 g/mol. The first-order valence-electron chi connectivity index (χ1n) is 9.11. The molecule has 4 rings (SSSR count). The minimum absolute atomic E-state index is 0.237. The zero-order valence-electron chi connectivity index (χ0n) is 14.8. The Labute approximate surface area is 148 Å². The van der Waals surface area contributed by atoms with Crippen LogP contribution in [0.3, 0.4) is 0 Å². The number of methoxy groups -OCH3 is 1. The zero-order chi connectivity index (χ0) is 17.3. The highest BCUT2D eigenvalue weighted by Gasteiger charge is 2.48. The molecule has 1 amide bonds. The number of hydrogen-bond acceptors (Lipinski definition) is 4. The minimum atomic E-state index is -0.237. The van der Waals surface area contributed by atoms with Gasteiger partial charge in [-0.2, -0.15) is 0 Å². The Morgan fingerprint density at radius 3 is 2.92 bits per heavy atom. The summed E-state index contributed by atoms with van der Waals surface area (Å²) in [5, 5.41) is 1.15. The Morgan fingerprint density at radius 1 is 1.16 bits per heavy atom. The molecule has 0 saturated carbocycles. The molecule has 2 aromatic rings. The number of pyridine rings is 1. The van der Waals surface area contributed by atoms with Crippen molar-refractivity contribution >= 4 is 22.6 Å². The van der Waals surface area contributed by atoms with Gasteiger partial charge in [0.05, 0.1) is 17.5 Å². The molecule has 2 saturated heterocycles. The first-order chi connectivity index (χ1) is 12.2. The van der Waals surface area contributed by atoms with Crippen molar-refractivity contribution in [1.29, 1.82) is 0 Å². The van der Waals surface area contributed by atoms with Gasteiger partial charge in [0.25, 0.3) is 0 Å². The first kappa shape index (κ1) is 16.3. The lowest BCUT2D eigenvalue weighted by Gasteiger charge is -2.39. The predicted octanol–water partition coefficient (Wildman–Crippen LogP) is 2.70. The summed E-state index contributed by atoms with van der Waals surface area (Å²) < 4.78 is 5.16. The van der Waals surface area contributed by atoms with Crippen LogP contribution in [0, 0.1) is 5.41 Å². The standard InChI is InChI=1S/C20H25N3O2/c1-25-14-13-22-11-4-9-20(19(22)24)10-12-23(15-20)18-8-7-16-5-2-3-6-17(16)21-18/h2-3,5-8H,4,9-15H2,1H3/t20-/m1/s1. The fourth-order valence-corrected chi connectivity index (χ4v) is 4.25. The SMILES string of the molecule is COCCN1CCC[C@]2(CCN(c3ccc4ccccc4n3)C2)C1=O. The Bertz CT molecular complexity index is 778. The molecule has 3 heterocycles. The Balaban J connectivity index is 1.54. The number of fused-ring (bicyclic) bond motifs is 1. The third-order valence-corrected chi connectivity index (χ3v) is 5.65. The molecule has 2 aliphatic heterocycles. The molecule has 25 heavy (non-hydrogen) atoms. The number of benzene rings is 1. The van der Waals surface area contributed by atoms with Gasteiger partial charge in [-0.3, -0.25) is 4.79 Å². The fraction of sp³-hybridized carbons (Fsp3) is 0.500. The van der Waals surface area contributed by atoms with Crippen molar-refractivity contribution in [1.82, 2.24) is 9.88 Å². The molecule has 0 bridgehead atoms. The van der Waals surface area contributed by atoms with E-state index in [4.69, 9.17) is 9.72 Å². The number of carbonyl (C=O) groups is 1. The summed E-state index contributed by atoms with van der Waals surface area (Å²) in [7, 11) is 1.69. The highest BCUT2D eigenvalue weighted by atomic mass is 16.5. The van der Waals surface area contributed by atoms with E-state index in [0.717, 1.165) is 55.6 Å². The van der Waals surface area contributed by atoms with E-state index in [-0.39, 0.29) is 5.41 Å². The van der Waals surface area contributed by atoms with Crippen molar-refractivity contribution in [3.8, 4) is 0 Å². The Morgan fingerprint density at radius 2 is 2.04 bits per heavy atom. The van der Waals surface area contributed by atoms with E-state index < -0.39 is 0 Å². The van der Waals surface area contributed by atoms with Crippen LogP contribution < -0.4 is 4.90 Å². The molecule has 1 aromatic carbocycles. The number of hydrogen-bond donors (Lipinski definition) is 0. The maximum absolute atomic E-state index is 13.1. The number of aromatic nitrogens is 1. The molecule has 0 aliphatic carbocycles. The number of piperidine rings is 1. The fourth-order valence-electron chi connectivity index (χ4n) is 4.25. The van der Waals surface area contributed by atoms with Crippen LogP contribution in [0.1, 0.15) is 19.3 Å². The predicted molar refractivity (Wildman–Crippen MR) is 98.7 cm³/mol. The lowest BCUT2D eigenvalue weighted by atomic mass is 9.78. The van der Waals surface area contributed by atoms with E-state index in [9.17, 15) is 4.79 Å². The van der Waals surface area contributed by atoms with Crippen molar-refractivity contribution in [2.45, 2.75) is 19.3 Å². The Hall–Kier alpha value is -2.14. The molecule has 2 aliphatic rings. The van der Waals surface area contributed by atoms with Crippen LogP contribution >= 0.6 is 0 Å². The molecular formula is C20H25N3O2. The van der Waals surface area contributed by atoms with Crippen LogP contribution in [0.15, 0.2) is 36.4 Å². The van der Waals surface area contributed by atoms with E-state index in [0.29, 0.717) is 19.1 Å². The molecule has 1 atom stereocenters. The van der Waals surface area contributed by atoms with Crippen molar-refractivity contribution in [3.63, 3.8) is 0 Å². The second-order valence-electron chi connectivity index (χ2n) is 7.20. The van der Waals surface area contributed by atoms with Gasteiger partial charge in [-0.15, -0.1) is 0 Å². The van der Waals surface area contributed by atoms with Crippen molar-refractivity contribution in [2.75, 3.05) is 44.8 Å². The lowest BCUT2D eigenvalue weighted by Crippen LogP contribution is -2.51. The zero-order valence-corrected chi connectivity index (χ0v) is 14.8. The van der Waals surface area contributed by atoms with Crippen LogP contribution in [0.25, 0.3) is 10.9 Å². The number of anilines is 1. The smallest absolute Gasteiger partial charge is 0.230 e. The van der Waals surface area contributed by atoms with Crippen LogP contribution in [0.2, 0.25) is 0 Å². The van der Waals surface area contributed by atoms with Crippen molar-refractivity contribution in [2.24, 2.45) is 5.41 Å². The van der Waals surface area contributed by atoms with Gasteiger partial charge in [0, 0.05) is 38.7 Å². The van der Waals surface area contributed by atoms with E-state index in [1.54, 1.807) is 7.11 Å². The number of para-hydroxylation sites is 1. The van der Waals surface area contributed by atoms with Crippen molar-refractivity contribution in [3.05, 3.63) is 36.4 Å². The molecule has 0 N–H and O–H groups in total. The van der Waals surface area contributed by atoms with Gasteiger partial charge < -0.3 is 14.5 Å². The third kappa shape index (κ3) is 2.97. The summed E-state index contributed by atoms with van der Waals surface area (Å²) in [6.45, 7) is 3.84. The molecule has 0 unspecified atom stereocenters. The number of rotatable bonds is 4. The molecule has 0 radical (unpaired) electrons. The first-order valence-corrected chi connectivity index (χ1v) is 9.11. The Kier molecular flexibility index (Phi) is 4.34. The molecule has 1 aromatic heterocycles. The molecule has 5 nitrogen and oxygen atoms in total. The second kappa shape index (κ2) is 6.64. The summed E-state index contributed by atoms with van der Waals surface area (Å²) in [5.41, 5.74) is 0.775. The summed E-state index contributed by atoms with van der Waals surface area (Å²) in [6.07, 6.45) is 2.98. The van der Waals surface area contributed by atoms with Gasteiger partial charge >= 0.3 is 0 Å². The molecule has 1 spiro atoms. The maximum Gasteiger partial charge on any atom is 0.230 e. The molecule has 132 valence electrons. The van der Waals surface area contributed by atoms with Crippen LogP contribution in [-0.4, -0.2) is 55.7 Å². The minimum Gasteiger partial charge on any atom is -0.383 e. The summed E-state index contributed by atoms with van der Waals surface area (Å²) in [6, 6.07) is 12.4. The van der Waals surface area contributed by atoms with E-state index in [1.807, 2.05) is 23.1 Å². The maximum atomic E-state index is 13.1. The van der Waals surface area contributed by atoms with E-state index >= 15 is 0 Å². The van der Waals surface area contributed by atoms with Gasteiger partial charge in [-0.1, -0.05) is 18.2 Å². The topological polar surface area (TPSA) is 45.7 Å². The number of amides is 1. The summed E-state index contributed by atoms with van der Waals surface area (Å²) in [4.78, 5) is 22.2. The molecule has 5 heteroatoms. The van der Waals surface area contributed by atoms with E-state index in [2.05, 4.69) is 23.1 Å². The van der Waals surface area contributed by atoms with Crippen molar-refractivity contribution < 1.29 is 9.53 Å². The highest BCUT2D eigenvalue weighted by Crippen LogP contribution is 2.41. The highest BCUT2D eigenvalue weighted by molar-refractivity contribution is 5.85. The van der Waals surface area contributed by atoms with Gasteiger partial charge in [0.15, 0.2) is 0 Å². The quantitative estimate of drug-likeness (QED) is 0.859. The van der Waals surface area contributed by atoms with E-state index in [1.165, 1.54) is 0 Å². The monoisotopic (exact) mass is 339 g/mol. The summed E-state index contributed by atoms with van der Waals surface area (Å²) in [5.74, 6) is 1.29. The van der Waals surface area contributed by atoms with Gasteiger partial charge in [0.2, 0.25) is 5.91 Å². The lowest BCUT2D eigenvalue weighted by molar-refractivity contribution is -0.145. The average Bonchev–Trinajstić information content (AvgIpc) is 3.08. The number of carbonyl (C=O) groups excluding carboxylic acids is 1. The van der Waals surface area contributed by atoms with Gasteiger partial charge in [-0.25, -0.2) is 4.98 Å². The van der Waals surface area contributed by atoms with Gasteiger partial charge in [-0.05, 0) is 37.5 Å².